The predicted octanol–water partition coefficient (Wildman–Crippen LogP) is 1.09. The van der Waals surface area contributed by atoms with Gasteiger partial charge in [0.2, 0.25) is 5.91 Å². The van der Waals surface area contributed by atoms with E-state index in [1.54, 1.807) is 11.8 Å². The van der Waals surface area contributed by atoms with E-state index in [9.17, 15) is 9.59 Å². The van der Waals surface area contributed by atoms with E-state index in [1.807, 2.05) is 20.8 Å². The molecule has 1 rings (SSSR count). The molecular weight excluding hydrogens is 264 g/mol. The summed E-state index contributed by atoms with van der Waals surface area (Å²) in [6, 6.07) is -0.839. The second-order valence-electron chi connectivity index (χ2n) is 5.97. The smallest absolute Gasteiger partial charge is 0.326 e. The minimum absolute atomic E-state index is 0.189. The van der Waals surface area contributed by atoms with Crippen LogP contribution < -0.4 is 10.6 Å². The number of carbonyl (C=O) groups excluding carboxylic acids is 1. The minimum Gasteiger partial charge on any atom is -0.480 e. The number of piperidine rings is 1. The molecule has 0 spiro atoms. The number of nitrogens with one attached hydrogen (secondary N) is 2. The first-order chi connectivity index (χ1) is 8.80. The number of hydrogen-bond acceptors (Lipinski definition) is 4. The van der Waals surface area contributed by atoms with Gasteiger partial charge in [-0.05, 0) is 31.3 Å². The molecule has 0 aromatic carbocycles. The number of rotatable bonds is 5. The highest BCUT2D eigenvalue weighted by molar-refractivity contribution is 8.00. The summed E-state index contributed by atoms with van der Waals surface area (Å²) in [5, 5.41) is 15.5. The predicted molar refractivity (Wildman–Crippen MR) is 77.4 cm³/mol. The highest BCUT2D eigenvalue weighted by atomic mass is 32.2. The zero-order chi connectivity index (χ0) is 14.5. The Balaban J connectivity index is 2.38. The maximum Gasteiger partial charge on any atom is 0.326 e. The van der Waals surface area contributed by atoms with Crippen molar-refractivity contribution >= 4 is 23.6 Å². The number of amides is 1. The molecule has 0 aromatic heterocycles. The van der Waals surface area contributed by atoms with Crippen molar-refractivity contribution in [1.82, 2.24) is 10.6 Å². The van der Waals surface area contributed by atoms with Gasteiger partial charge >= 0.3 is 5.97 Å². The van der Waals surface area contributed by atoms with E-state index < -0.39 is 17.4 Å². The van der Waals surface area contributed by atoms with Gasteiger partial charge in [-0.2, -0.15) is 0 Å². The lowest BCUT2D eigenvalue weighted by Crippen LogP contribution is -2.49. The quantitative estimate of drug-likeness (QED) is 0.706. The molecule has 1 fully saturated rings. The molecule has 5 nitrogen and oxygen atoms in total. The Morgan fingerprint density at radius 1 is 1.37 bits per heavy atom. The molecule has 1 amide bonds. The van der Waals surface area contributed by atoms with E-state index in [0.717, 1.165) is 25.9 Å². The summed E-state index contributed by atoms with van der Waals surface area (Å²) in [6.45, 7) is 7.43. The van der Waals surface area contributed by atoms with Crippen LogP contribution in [-0.4, -0.2) is 47.1 Å². The van der Waals surface area contributed by atoms with Gasteiger partial charge in [-0.1, -0.05) is 20.8 Å². The molecule has 110 valence electrons. The van der Waals surface area contributed by atoms with Crippen LogP contribution in [0.15, 0.2) is 0 Å². The molecule has 19 heavy (non-hydrogen) atoms. The van der Waals surface area contributed by atoms with E-state index in [-0.39, 0.29) is 5.91 Å². The molecule has 0 aliphatic carbocycles. The van der Waals surface area contributed by atoms with Crippen molar-refractivity contribution in [3.63, 3.8) is 0 Å². The average Bonchev–Trinajstić information content (AvgIpc) is 2.33. The Morgan fingerprint density at radius 2 is 1.95 bits per heavy atom. The Bertz CT molecular complexity index is 322. The SMILES string of the molecule is CC(C)(C)[C@H](NC(=O)CSC1CCNCC1)C(=O)O. The third kappa shape index (κ3) is 5.82. The highest BCUT2D eigenvalue weighted by Crippen LogP contribution is 2.22. The fourth-order valence-electron chi connectivity index (χ4n) is 2.01. The molecule has 0 saturated carbocycles. The van der Waals surface area contributed by atoms with E-state index in [4.69, 9.17) is 5.11 Å². The first kappa shape index (κ1) is 16.3. The van der Waals surface area contributed by atoms with Crippen LogP contribution in [0.2, 0.25) is 0 Å². The van der Waals surface area contributed by atoms with Crippen LogP contribution in [0.4, 0.5) is 0 Å². The number of carboxylic acids is 1. The van der Waals surface area contributed by atoms with Gasteiger partial charge in [0.05, 0.1) is 5.75 Å². The van der Waals surface area contributed by atoms with Crippen molar-refractivity contribution in [2.45, 2.75) is 44.9 Å². The zero-order valence-corrected chi connectivity index (χ0v) is 12.7. The van der Waals surface area contributed by atoms with Gasteiger partial charge < -0.3 is 15.7 Å². The van der Waals surface area contributed by atoms with E-state index in [0.29, 0.717) is 11.0 Å². The van der Waals surface area contributed by atoms with Crippen molar-refractivity contribution in [2.75, 3.05) is 18.8 Å². The second kappa shape index (κ2) is 7.14. The van der Waals surface area contributed by atoms with Gasteiger partial charge in [-0.25, -0.2) is 4.79 Å². The summed E-state index contributed by atoms with van der Waals surface area (Å²) in [4.78, 5) is 23.0. The van der Waals surface area contributed by atoms with Gasteiger partial charge in [-0.15, -0.1) is 11.8 Å². The Hall–Kier alpha value is -0.750. The van der Waals surface area contributed by atoms with Crippen molar-refractivity contribution < 1.29 is 14.7 Å². The Morgan fingerprint density at radius 3 is 2.42 bits per heavy atom. The zero-order valence-electron chi connectivity index (χ0n) is 11.9. The van der Waals surface area contributed by atoms with E-state index in [2.05, 4.69) is 10.6 Å². The lowest BCUT2D eigenvalue weighted by molar-refractivity contribution is -0.144. The molecular formula is C13H24N2O3S. The summed E-state index contributed by atoms with van der Waals surface area (Å²) >= 11 is 1.62. The summed E-state index contributed by atoms with van der Waals surface area (Å²) in [5.41, 5.74) is -0.485. The number of carboxylic acid groups (broad SMARTS) is 1. The molecule has 0 radical (unpaired) electrons. The van der Waals surface area contributed by atoms with Gasteiger partial charge in [0.1, 0.15) is 6.04 Å². The van der Waals surface area contributed by atoms with Crippen LogP contribution in [0.25, 0.3) is 0 Å². The average molecular weight is 288 g/mol. The third-order valence-electron chi connectivity index (χ3n) is 3.15. The fourth-order valence-corrected chi connectivity index (χ4v) is 3.05. The van der Waals surface area contributed by atoms with Crippen molar-refractivity contribution in [3.05, 3.63) is 0 Å². The molecule has 0 aromatic rings. The molecule has 1 saturated heterocycles. The van der Waals surface area contributed by atoms with Crippen LogP contribution in [0, 0.1) is 5.41 Å². The number of thioether (sulfide) groups is 1. The fraction of sp³-hybridized carbons (Fsp3) is 0.846. The maximum atomic E-state index is 11.8. The van der Waals surface area contributed by atoms with E-state index >= 15 is 0 Å². The highest BCUT2D eigenvalue weighted by Gasteiger charge is 2.32. The molecule has 0 bridgehead atoms. The number of carbonyl (C=O) groups is 2. The Labute approximate surface area is 118 Å². The lowest BCUT2D eigenvalue weighted by atomic mass is 9.87. The first-order valence-electron chi connectivity index (χ1n) is 6.65. The maximum absolute atomic E-state index is 11.8. The third-order valence-corrected chi connectivity index (χ3v) is 4.53. The standard InChI is InChI=1S/C13H24N2O3S/c1-13(2,3)11(12(17)18)15-10(16)8-19-9-4-6-14-7-5-9/h9,11,14H,4-8H2,1-3H3,(H,15,16)(H,17,18)/t11-/m1/s1. The lowest BCUT2D eigenvalue weighted by Gasteiger charge is -2.28. The normalized spacial score (nSPS) is 18.9. The van der Waals surface area contributed by atoms with Crippen molar-refractivity contribution in [3.8, 4) is 0 Å². The number of aliphatic carboxylic acids is 1. The summed E-state index contributed by atoms with van der Waals surface area (Å²) in [6.07, 6.45) is 2.14. The summed E-state index contributed by atoms with van der Waals surface area (Å²) in [7, 11) is 0. The Kier molecular flexibility index (Phi) is 6.13. The summed E-state index contributed by atoms with van der Waals surface area (Å²) in [5.74, 6) is -0.830. The molecule has 1 aliphatic rings. The molecule has 6 heteroatoms. The largest absolute Gasteiger partial charge is 0.480 e. The van der Waals surface area contributed by atoms with Crippen LogP contribution in [-0.2, 0) is 9.59 Å². The van der Waals surface area contributed by atoms with Gasteiger partial charge in [0, 0.05) is 5.25 Å². The van der Waals surface area contributed by atoms with Crippen molar-refractivity contribution in [2.24, 2.45) is 5.41 Å². The van der Waals surface area contributed by atoms with Crippen LogP contribution in [0.1, 0.15) is 33.6 Å². The summed E-state index contributed by atoms with van der Waals surface area (Å²) < 4.78 is 0. The monoisotopic (exact) mass is 288 g/mol. The van der Waals surface area contributed by atoms with Gasteiger partial charge in [0.25, 0.3) is 0 Å². The second-order valence-corrected chi connectivity index (χ2v) is 7.25. The number of hydrogen-bond donors (Lipinski definition) is 3. The first-order valence-corrected chi connectivity index (χ1v) is 7.70. The van der Waals surface area contributed by atoms with E-state index in [1.165, 1.54) is 0 Å². The van der Waals surface area contributed by atoms with Crippen LogP contribution >= 0.6 is 11.8 Å². The molecule has 3 N–H and O–H groups in total. The van der Waals surface area contributed by atoms with Crippen LogP contribution in [0.3, 0.4) is 0 Å². The molecule has 0 unspecified atom stereocenters. The minimum atomic E-state index is -0.979. The molecule has 1 atom stereocenters. The van der Waals surface area contributed by atoms with Gasteiger partial charge in [-0.3, -0.25) is 4.79 Å². The molecule has 1 heterocycles. The molecule has 1 aliphatic heterocycles. The topological polar surface area (TPSA) is 78.4 Å². The van der Waals surface area contributed by atoms with Crippen LogP contribution in [0.5, 0.6) is 0 Å². The van der Waals surface area contributed by atoms with Gasteiger partial charge in [0.15, 0.2) is 0 Å². The van der Waals surface area contributed by atoms with Crippen molar-refractivity contribution in [1.29, 1.82) is 0 Å².